The van der Waals surface area contributed by atoms with Crippen molar-refractivity contribution in [1.29, 1.82) is 0 Å². The summed E-state index contributed by atoms with van der Waals surface area (Å²) in [5.41, 5.74) is 1.02. The van der Waals surface area contributed by atoms with Crippen molar-refractivity contribution in [2.24, 2.45) is 0 Å². The second kappa shape index (κ2) is 9.94. The summed E-state index contributed by atoms with van der Waals surface area (Å²) in [6.07, 6.45) is 1.09. The maximum Gasteiger partial charge on any atom is 0.222 e. The second-order valence-electron chi connectivity index (χ2n) is 5.71. The van der Waals surface area contributed by atoms with Crippen molar-refractivity contribution in [3.63, 3.8) is 0 Å². The zero-order valence-electron chi connectivity index (χ0n) is 14.7. The number of amides is 1. The lowest BCUT2D eigenvalue weighted by Gasteiger charge is -2.17. The zero-order chi connectivity index (χ0) is 18.1. The van der Waals surface area contributed by atoms with Crippen molar-refractivity contribution in [1.82, 2.24) is 4.90 Å². The molecule has 0 aliphatic heterocycles. The highest BCUT2D eigenvalue weighted by Gasteiger charge is 2.10. The SMILES string of the molecule is CCOc1ccccc1OCCCC(=O)N(C)Cc1cccc(Cl)c1. The molecule has 0 aliphatic carbocycles. The largest absolute Gasteiger partial charge is 0.490 e. The first-order chi connectivity index (χ1) is 12.1. The van der Waals surface area contributed by atoms with Gasteiger partial charge in [0.1, 0.15) is 0 Å². The number of halogens is 1. The first kappa shape index (κ1) is 19.1. The fourth-order valence-electron chi connectivity index (χ4n) is 2.44. The van der Waals surface area contributed by atoms with Crippen LogP contribution in [0.25, 0.3) is 0 Å². The van der Waals surface area contributed by atoms with Crippen LogP contribution in [0.4, 0.5) is 0 Å². The average molecular weight is 362 g/mol. The van der Waals surface area contributed by atoms with Crippen molar-refractivity contribution >= 4 is 17.5 Å². The lowest BCUT2D eigenvalue weighted by Crippen LogP contribution is -2.26. The average Bonchev–Trinajstić information content (AvgIpc) is 2.60. The Bertz CT molecular complexity index is 690. The summed E-state index contributed by atoms with van der Waals surface area (Å²) in [5.74, 6) is 1.53. The minimum Gasteiger partial charge on any atom is -0.490 e. The Morgan fingerprint density at radius 3 is 2.48 bits per heavy atom. The fourth-order valence-corrected chi connectivity index (χ4v) is 2.65. The van der Waals surface area contributed by atoms with Crippen molar-refractivity contribution in [2.45, 2.75) is 26.3 Å². The molecular formula is C20H24ClNO3. The van der Waals surface area contributed by atoms with E-state index in [0.29, 0.717) is 43.4 Å². The second-order valence-corrected chi connectivity index (χ2v) is 6.15. The maximum absolute atomic E-state index is 12.2. The lowest BCUT2D eigenvalue weighted by atomic mass is 10.2. The molecule has 0 aromatic heterocycles. The molecule has 0 unspecified atom stereocenters. The molecule has 25 heavy (non-hydrogen) atoms. The van der Waals surface area contributed by atoms with Gasteiger partial charge in [-0.3, -0.25) is 4.79 Å². The van der Waals surface area contributed by atoms with Crippen molar-refractivity contribution in [3.05, 3.63) is 59.1 Å². The minimum absolute atomic E-state index is 0.0849. The quantitative estimate of drug-likeness (QED) is 0.615. The third-order valence-electron chi connectivity index (χ3n) is 3.68. The van der Waals surface area contributed by atoms with Gasteiger partial charge in [0.05, 0.1) is 13.2 Å². The number of carbonyl (C=O) groups is 1. The van der Waals surface area contributed by atoms with Gasteiger partial charge in [-0.05, 0) is 43.2 Å². The van der Waals surface area contributed by atoms with Gasteiger partial charge < -0.3 is 14.4 Å². The van der Waals surface area contributed by atoms with Crippen LogP contribution in [0.15, 0.2) is 48.5 Å². The Kier molecular flexibility index (Phi) is 7.61. The third-order valence-corrected chi connectivity index (χ3v) is 3.91. The normalized spacial score (nSPS) is 10.4. The van der Waals surface area contributed by atoms with Crippen LogP contribution in [0.3, 0.4) is 0 Å². The Balaban J connectivity index is 1.75. The standard InChI is InChI=1S/C20H24ClNO3/c1-3-24-18-10-4-5-11-19(18)25-13-7-12-20(23)22(2)15-16-8-6-9-17(21)14-16/h4-6,8-11,14H,3,7,12-13,15H2,1-2H3. The molecule has 2 aromatic carbocycles. The molecule has 0 saturated heterocycles. The summed E-state index contributed by atoms with van der Waals surface area (Å²) in [6.45, 7) is 3.55. The zero-order valence-corrected chi connectivity index (χ0v) is 15.5. The Hall–Kier alpha value is -2.20. The molecule has 0 aliphatic rings. The van der Waals surface area contributed by atoms with Crippen molar-refractivity contribution in [2.75, 3.05) is 20.3 Å². The first-order valence-corrected chi connectivity index (χ1v) is 8.81. The van der Waals surface area contributed by atoms with E-state index < -0.39 is 0 Å². The predicted molar refractivity (Wildman–Crippen MR) is 100 cm³/mol. The molecule has 0 spiro atoms. The van der Waals surface area contributed by atoms with E-state index >= 15 is 0 Å². The number of ether oxygens (including phenoxy) is 2. The number of hydrogen-bond donors (Lipinski definition) is 0. The van der Waals surface area contributed by atoms with Crippen LogP contribution in [0.5, 0.6) is 11.5 Å². The number of benzene rings is 2. The third kappa shape index (κ3) is 6.31. The van der Waals surface area contributed by atoms with Gasteiger partial charge in [-0.1, -0.05) is 35.9 Å². The smallest absolute Gasteiger partial charge is 0.222 e. The van der Waals surface area contributed by atoms with Gasteiger partial charge in [0.2, 0.25) is 5.91 Å². The van der Waals surface area contributed by atoms with Gasteiger partial charge in [-0.25, -0.2) is 0 Å². The summed E-state index contributed by atoms with van der Waals surface area (Å²) in [5, 5.41) is 0.680. The van der Waals surface area contributed by atoms with Crippen molar-refractivity contribution in [3.8, 4) is 11.5 Å². The highest BCUT2D eigenvalue weighted by Crippen LogP contribution is 2.26. The molecule has 0 fully saturated rings. The topological polar surface area (TPSA) is 38.8 Å². The van der Waals surface area contributed by atoms with Crippen LogP contribution in [-0.4, -0.2) is 31.1 Å². The summed E-state index contributed by atoms with van der Waals surface area (Å²) in [6, 6.07) is 15.1. The van der Waals surface area contributed by atoms with E-state index in [-0.39, 0.29) is 5.91 Å². The van der Waals surface area contributed by atoms with Gasteiger partial charge in [-0.15, -0.1) is 0 Å². The Morgan fingerprint density at radius 2 is 1.80 bits per heavy atom. The summed E-state index contributed by atoms with van der Waals surface area (Å²) in [7, 11) is 1.80. The molecule has 0 saturated carbocycles. The molecule has 0 N–H and O–H groups in total. The molecule has 4 nitrogen and oxygen atoms in total. The Morgan fingerprint density at radius 1 is 1.08 bits per heavy atom. The van der Waals surface area contributed by atoms with Gasteiger partial charge in [0.25, 0.3) is 0 Å². The highest BCUT2D eigenvalue weighted by atomic mass is 35.5. The van der Waals surface area contributed by atoms with Gasteiger partial charge >= 0.3 is 0 Å². The molecule has 5 heteroatoms. The number of nitrogens with zero attached hydrogens (tertiary/aromatic N) is 1. The molecule has 2 rings (SSSR count). The number of carbonyl (C=O) groups excluding carboxylic acids is 1. The molecular weight excluding hydrogens is 338 g/mol. The van der Waals surface area contributed by atoms with Gasteiger partial charge in [0, 0.05) is 25.0 Å². The molecule has 2 aromatic rings. The van der Waals surface area contributed by atoms with E-state index in [9.17, 15) is 4.79 Å². The monoisotopic (exact) mass is 361 g/mol. The van der Waals surface area contributed by atoms with E-state index in [1.807, 2.05) is 55.5 Å². The van der Waals surface area contributed by atoms with Crippen LogP contribution in [0, 0.1) is 0 Å². The van der Waals surface area contributed by atoms with E-state index in [0.717, 1.165) is 11.3 Å². The van der Waals surface area contributed by atoms with Crippen LogP contribution < -0.4 is 9.47 Å². The summed E-state index contributed by atoms with van der Waals surface area (Å²) in [4.78, 5) is 13.9. The molecule has 0 radical (unpaired) electrons. The highest BCUT2D eigenvalue weighted by molar-refractivity contribution is 6.30. The van der Waals surface area contributed by atoms with E-state index in [1.165, 1.54) is 0 Å². The molecule has 0 bridgehead atoms. The van der Waals surface area contributed by atoms with Crippen LogP contribution in [0.1, 0.15) is 25.3 Å². The predicted octanol–water partition coefficient (Wildman–Crippen LogP) is 4.56. The fraction of sp³-hybridized carbons (Fsp3) is 0.350. The first-order valence-electron chi connectivity index (χ1n) is 8.43. The maximum atomic E-state index is 12.2. The number of hydrogen-bond acceptors (Lipinski definition) is 3. The van der Waals surface area contributed by atoms with E-state index in [2.05, 4.69) is 0 Å². The number of rotatable bonds is 9. The minimum atomic E-state index is 0.0849. The van der Waals surface area contributed by atoms with Gasteiger partial charge in [0.15, 0.2) is 11.5 Å². The molecule has 1 amide bonds. The Labute approximate surface area is 154 Å². The van der Waals surface area contributed by atoms with E-state index in [1.54, 1.807) is 11.9 Å². The van der Waals surface area contributed by atoms with E-state index in [4.69, 9.17) is 21.1 Å². The molecule has 0 atom stereocenters. The summed E-state index contributed by atoms with van der Waals surface area (Å²) >= 11 is 5.97. The van der Waals surface area contributed by atoms with Crippen LogP contribution in [-0.2, 0) is 11.3 Å². The lowest BCUT2D eigenvalue weighted by molar-refractivity contribution is -0.130. The molecule has 0 heterocycles. The summed E-state index contributed by atoms with van der Waals surface area (Å²) < 4.78 is 11.3. The number of para-hydroxylation sites is 2. The van der Waals surface area contributed by atoms with Crippen LogP contribution >= 0.6 is 11.6 Å². The van der Waals surface area contributed by atoms with Gasteiger partial charge in [-0.2, -0.15) is 0 Å². The van der Waals surface area contributed by atoms with Crippen molar-refractivity contribution < 1.29 is 14.3 Å². The molecule has 134 valence electrons. The van der Waals surface area contributed by atoms with Crippen LogP contribution in [0.2, 0.25) is 5.02 Å².